The third-order valence-corrected chi connectivity index (χ3v) is 4.43. The largest absolute Gasteiger partial charge is 0.508 e. The SMILES string of the molecule is CC1CC(NC(=O)c2cc(O)cc(O)c2)CN1Cc1ccccc1. The molecule has 0 bridgehead atoms. The van der Waals surface area contributed by atoms with Gasteiger partial charge in [-0.2, -0.15) is 0 Å². The zero-order chi connectivity index (χ0) is 17.1. The summed E-state index contributed by atoms with van der Waals surface area (Å²) in [5.74, 6) is -0.517. The summed E-state index contributed by atoms with van der Waals surface area (Å²) >= 11 is 0. The highest BCUT2D eigenvalue weighted by molar-refractivity contribution is 5.95. The van der Waals surface area contributed by atoms with Gasteiger partial charge in [-0.25, -0.2) is 0 Å². The Morgan fingerprint density at radius 1 is 1.17 bits per heavy atom. The highest BCUT2D eigenvalue weighted by Crippen LogP contribution is 2.23. The van der Waals surface area contributed by atoms with Crippen molar-refractivity contribution in [2.24, 2.45) is 0 Å². The van der Waals surface area contributed by atoms with Crippen LogP contribution in [0.4, 0.5) is 0 Å². The van der Waals surface area contributed by atoms with Gasteiger partial charge in [-0.1, -0.05) is 30.3 Å². The summed E-state index contributed by atoms with van der Waals surface area (Å²) in [4.78, 5) is 14.7. The number of nitrogens with zero attached hydrogens (tertiary/aromatic N) is 1. The van der Waals surface area contributed by atoms with Gasteiger partial charge in [-0.15, -0.1) is 0 Å². The molecule has 0 aromatic heterocycles. The first-order valence-electron chi connectivity index (χ1n) is 8.13. The number of aromatic hydroxyl groups is 2. The van der Waals surface area contributed by atoms with Crippen molar-refractivity contribution >= 4 is 5.91 Å². The van der Waals surface area contributed by atoms with Crippen LogP contribution in [0, 0.1) is 0 Å². The number of benzene rings is 2. The maximum absolute atomic E-state index is 12.3. The number of rotatable bonds is 4. The van der Waals surface area contributed by atoms with Crippen LogP contribution in [0.25, 0.3) is 0 Å². The smallest absolute Gasteiger partial charge is 0.251 e. The number of phenolic OH excluding ortho intramolecular Hbond substituents is 2. The van der Waals surface area contributed by atoms with Crippen LogP contribution in [0.2, 0.25) is 0 Å². The summed E-state index contributed by atoms with van der Waals surface area (Å²) in [5.41, 5.74) is 1.52. The van der Waals surface area contributed by atoms with Crippen LogP contribution < -0.4 is 5.32 Å². The lowest BCUT2D eigenvalue weighted by molar-refractivity contribution is 0.0937. The minimum atomic E-state index is -0.278. The normalized spacial score (nSPS) is 20.9. The van der Waals surface area contributed by atoms with E-state index in [2.05, 4.69) is 29.3 Å². The molecule has 3 N–H and O–H groups in total. The van der Waals surface area contributed by atoms with Gasteiger partial charge < -0.3 is 15.5 Å². The molecule has 0 saturated carbocycles. The Morgan fingerprint density at radius 3 is 2.50 bits per heavy atom. The number of hydrogen-bond donors (Lipinski definition) is 3. The van der Waals surface area contributed by atoms with E-state index in [1.54, 1.807) is 0 Å². The van der Waals surface area contributed by atoms with Crippen LogP contribution in [0.3, 0.4) is 0 Å². The molecule has 0 radical (unpaired) electrons. The maximum atomic E-state index is 12.3. The average Bonchev–Trinajstić information content (AvgIpc) is 2.87. The van der Waals surface area contributed by atoms with Crippen LogP contribution in [0.15, 0.2) is 48.5 Å². The van der Waals surface area contributed by atoms with E-state index < -0.39 is 0 Å². The Labute approximate surface area is 141 Å². The first kappa shape index (κ1) is 16.3. The minimum Gasteiger partial charge on any atom is -0.508 e. The number of amides is 1. The number of phenols is 2. The van der Waals surface area contributed by atoms with Crippen molar-refractivity contribution in [2.45, 2.75) is 32.0 Å². The van der Waals surface area contributed by atoms with Crippen molar-refractivity contribution < 1.29 is 15.0 Å². The molecule has 1 aliphatic rings. The molecule has 1 heterocycles. The number of likely N-dealkylation sites (tertiary alicyclic amines) is 1. The van der Waals surface area contributed by atoms with Crippen LogP contribution >= 0.6 is 0 Å². The van der Waals surface area contributed by atoms with Crippen molar-refractivity contribution in [3.63, 3.8) is 0 Å². The van der Waals surface area contributed by atoms with Gasteiger partial charge in [0.15, 0.2) is 0 Å². The van der Waals surface area contributed by atoms with E-state index in [9.17, 15) is 15.0 Å². The van der Waals surface area contributed by atoms with Gasteiger partial charge in [0, 0.05) is 36.8 Å². The monoisotopic (exact) mass is 326 g/mol. The lowest BCUT2D eigenvalue weighted by Gasteiger charge is -2.20. The van der Waals surface area contributed by atoms with E-state index in [0.29, 0.717) is 6.04 Å². The van der Waals surface area contributed by atoms with Gasteiger partial charge in [0.2, 0.25) is 0 Å². The summed E-state index contributed by atoms with van der Waals surface area (Å²) in [6.45, 7) is 3.81. The molecule has 5 heteroatoms. The molecule has 0 spiro atoms. The van der Waals surface area contributed by atoms with Gasteiger partial charge >= 0.3 is 0 Å². The average molecular weight is 326 g/mol. The standard InChI is InChI=1S/C19H22N2O3/c1-13-7-16(12-21(13)11-14-5-3-2-4-6-14)20-19(24)15-8-17(22)10-18(23)9-15/h2-6,8-10,13,16,22-23H,7,11-12H2,1H3,(H,20,24). The second-order valence-corrected chi connectivity index (χ2v) is 6.41. The van der Waals surface area contributed by atoms with Gasteiger partial charge in [0.05, 0.1) is 0 Å². The van der Waals surface area contributed by atoms with Gasteiger partial charge in [0.1, 0.15) is 11.5 Å². The van der Waals surface area contributed by atoms with Gasteiger partial charge in [-0.3, -0.25) is 9.69 Å². The minimum absolute atomic E-state index is 0.0562. The molecule has 0 aliphatic carbocycles. The highest BCUT2D eigenvalue weighted by Gasteiger charge is 2.30. The predicted molar refractivity (Wildman–Crippen MR) is 92.0 cm³/mol. The molecule has 2 aromatic carbocycles. The van der Waals surface area contributed by atoms with Crippen molar-refractivity contribution in [3.05, 3.63) is 59.7 Å². The summed E-state index contributed by atoms with van der Waals surface area (Å²) in [6.07, 6.45) is 0.878. The van der Waals surface area contributed by atoms with Crippen LogP contribution in [0.5, 0.6) is 11.5 Å². The summed E-state index contributed by atoms with van der Waals surface area (Å²) in [5, 5.41) is 22.0. The first-order chi connectivity index (χ1) is 11.5. The fourth-order valence-corrected chi connectivity index (χ4v) is 3.24. The van der Waals surface area contributed by atoms with Crippen LogP contribution in [-0.4, -0.2) is 39.6 Å². The Morgan fingerprint density at radius 2 is 1.83 bits per heavy atom. The second kappa shape index (κ2) is 6.93. The predicted octanol–water partition coefficient (Wildman–Crippen LogP) is 2.49. The van der Waals surface area contributed by atoms with Gasteiger partial charge in [0.25, 0.3) is 5.91 Å². The molecule has 2 atom stereocenters. The van der Waals surface area contributed by atoms with Gasteiger partial charge in [-0.05, 0) is 31.0 Å². The molecular weight excluding hydrogens is 304 g/mol. The summed E-state index contributed by atoms with van der Waals surface area (Å²) in [6, 6.07) is 14.6. The molecule has 1 saturated heterocycles. The Hall–Kier alpha value is -2.53. The molecule has 1 fully saturated rings. The summed E-state index contributed by atoms with van der Waals surface area (Å²) < 4.78 is 0. The zero-order valence-corrected chi connectivity index (χ0v) is 13.6. The summed E-state index contributed by atoms with van der Waals surface area (Å²) in [7, 11) is 0. The number of nitrogens with one attached hydrogen (secondary N) is 1. The molecule has 126 valence electrons. The van der Waals surface area contributed by atoms with E-state index in [-0.39, 0.29) is 29.0 Å². The molecule has 24 heavy (non-hydrogen) atoms. The van der Waals surface area contributed by atoms with Crippen molar-refractivity contribution in [1.29, 1.82) is 0 Å². The Kier molecular flexibility index (Phi) is 4.71. The van der Waals surface area contributed by atoms with Crippen molar-refractivity contribution in [2.75, 3.05) is 6.54 Å². The van der Waals surface area contributed by atoms with Crippen molar-refractivity contribution in [1.82, 2.24) is 10.2 Å². The molecule has 1 aliphatic heterocycles. The second-order valence-electron chi connectivity index (χ2n) is 6.41. The number of carbonyl (C=O) groups excluding carboxylic acids is 1. The van der Waals surface area contributed by atoms with Crippen LogP contribution in [0.1, 0.15) is 29.3 Å². The van der Waals surface area contributed by atoms with Crippen LogP contribution in [-0.2, 0) is 6.54 Å². The van der Waals surface area contributed by atoms with Crippen molar-refractivity contribution in [3.8, 4) is 11.5 Å². The fraction of sp³-hybridized carbons (Fsp3) is 0.316. The van der Waals surface area contributed by atoms with E-state index in [1.807, 2.05) is 18.2 Å². The quantitative estimate of drug-likeness (QED) is 0.807. The molecule has 5 nitrogen and oxygen atoms in total. The zero-order valence-electron chi connectivity index (χ0n) is 13.6. The maximum Gasteiger partial charge on any atom is 0.251 e. The Balaban J connectivity index is 1.61. The van der Waals surface area contributed by atoms with E-state index in [4.69, 9.17) is 0 Å². The third kappa shape index (κ3) is 3.86. The highest BCUT2D eigenvalue weighted by atomic mass is 16.3. The fourth-order valence-electron chi connectivity index (χ4n) is 3.24. The van der Waals surface area contributed by atoms with E-state index in [0.717, 1.165) is 19.5 Å². The molecular formula is C19H22N2O3. The number of carbonyl (C=O) groups is 1. The lowest BCUT2D eigenvalue weighted by Crippen LogP contribution is -2.37. The lowest BCUT2D eigenvalue weighted by atomic mass is 10.1. The third-order valence-electron chi connectivity index (χ3n) is 4.43. The topological polar surface area (TPSA) is 72.8 Å². The Bertz CT molecular complexity index is 698. The van der Waals surface area contributed by atoms with E-state index in [1.165, 1.54) is 23.8 Å². The molecule has 2 aromatic rings. The number of hydrogen-bond acceptors (Lipinski definition) is 4. The molecule has 3 rings (SSSR count). The van der Waals surface area contributed by atoms with E-state index >= 15 is 0 Å². The molecule has 1 amide bonds. The molecule has 2 unspecified atom stereocenters. The first-order valence-corrected chi connectivity index (χ1v) is 8.13.